The maximum atomic E-state index is 13.8. The molecule has 1 aromatic heterocycles. The second-order valence-corrected chi connectivity index (χ2v) is 3.92. The third-order valence-electron chi connectivity index (χ3n) is 2.57. The zero-order valence-electron chi connectivity index (χ0n) is 9.67. The summed E-state index contributed by atoms with van der Waals surface area (Å²) in [4.78, 5) is 10.9. The summed E-state index contributed by atoms with van der Waals surface area (Å²) in [6, 6.07) is 4.30. The highest BCUT2D eigenvalue weighted by atomic mass is 19.1. The van der Waals surface area contributed by atoms with Crippen LogP contribution in [0.25, 0.3) is 5.69 Å². The Morgan fingerprint density at radius 1 is 1.56 bits per heavy atom. The standard InChI is InChI=1S/C12H12FN3O2/c1-7(17)8-2-3-11(10(13)4-8)16-6-9(5-15-16)12(14)18/h2-7,17H,1H3,(H2,14,18)/t7-/m0/s1. The Balaban J connectivity index is 2.41. The van der Waals surface area contributed by atoms with E-state index in [9.17, 15) is 14.3 Å². The number of halogens is 1. The fourth-order valence-electron chi connectivity index (χ4n) is 1.55. The van der Waals surface area contributed by atoms with E-state index in [1.54, 1.807) is 13.0 Å². The molecule has 0 aliphatic rings. The molecular weight excluding hydrogens is 237 g/mol. The van der Waals surface area contributed by atoms with E-state index in [1.165, 1.54) is 29.2 Å². The number of nitrogens with zero attached hydrogens (tertiary/aromatic N) is 2. The molecule has 0 saturated carbocycles. The molecule has 2 rings (SSSR count). The summed E-state index contributed by atoms with van der Waals surface area (Å²) in [7, 11) is 0. The first kappa shape index (κ1) is 12.3. The normalized spacial score (nSPS) is 12.4. The fourth-order valence-corrected chi connectivity index (χ4v) is 1.55. The third kappa shape index (κ3) is 2.23. The summed E-state index contributed by atoms with van der Waals surface area (Å²) in [6.45, 7) is 1.55. The molecule has 18 heavy (non-hydrogen) atoms. The summed E-state index contributed by atoms with van der Waals surface area (Å²) < 4.78 is 15.0. The van der Waals surface area contributed by atoms with Crippen molar-refractivity contribution in [3.8, 4) is 5.69 Å². The molecule has 5 nitrogen and oxygen atoms in total. The Bertz CT molecular complexity index is 593. The molecule has 2 aromatic rings. The van der Waals surface area contributed by atoms with Crippen LogP contribution in [0, 0.1) is 5.82 Å². The van der Waals surface area contributed by atoms with Gasteiger partial charge in [0.1, 0.15) is 11.5 Å². The molecule has 1 atom stereocenters. The average molecular weight is 249 g/mol. The molecule has 0 bridgehead atoms. The van der Waals surface area contributed by atoms with E-state index in [-0.39, 0.29) is 11.3 Å². The number of hydrogen-bond acceptors (Lipinski definition) is 3. The first-order valence-electron chi connectivity index (χ1n) is 5.31. The van der Waals surface area contributed by atoms with Crippen molar-refractivity contribution in [2.24, 2.45) is 5.73 Å². The van der Waals surface area contributed by atoms with Gasteiger partial charge in [0.2, 0.25) is 0 Å². The maximum Gasteiger partial charge on any atom is 0.251 e. The van der Waals surface area contributed by atoms with Gasteiger partial charge in [-0.25, -0.2) is 9.07 Å². The van der Waals surface area contributed by atoms with Crippen molar-refractivity contribution < 1.29 is 14.3 Å². The molecular formula is C12H12FN3O2. The second-order valence-electron chi connectivity index (χ2n) is 3.92. The number of rotatable bonds is 3. The summed E-state index contributed by atoms with van der Waals surface area (Å²) in [5.41, 5.74) is 5.95. The van der Waals surface area contributed by atoms with Crippen LogP contribution >= 0.6 is 0 Å². The number of primary amides is 1. The van der Waals surface area contributed by atoms with Gasteiger partial charge in [-0.3, -0.25) is 4.79 Å². The molecule has 1 amide bonds. The fraction of sp³-hybridized carbons (Fsp3) is 0.167. The zero-order valence-corrected chi connectivity index (χ0v) is 9.67. The van der Waals surface area contributed by atoms with Crippen molar-refractivity contribution in [1.29, 1.82) is 0 Å². The van der Waals surface area contributed by atoms with Crippen LogP contribution in [-0.2, 0) is 0 Å². The van der Waals surface area contributed by atoms with Crippen molar-refractivity contribution in [2.75, 3.05) is 0 Å². The van der Waals surface area contributed by atoms with Crippen LogP contribution in [0.5, 0.6) is 0 Å². The Hall–Kier alpha value is -2.21. The van der Waals surface area contributed by atoms with Gasteiger partial charge in [0.15, 0.2) is 0 Å². The SMILES string of the molecule is C[C@H](O)c1ccc(-n2cc(C(N)=O)cn2)c(F)c1. The van der Waals surface area contributed by atoms with E-state index in [4.69, 9.17) is 5.73 Å². The van der Waals surface area contributed by atoms with E-state index in [2.05, 4.69) is 5.10 Å². The lowest BCUT2D eigenvalue weighted by Gasteiger charge is -2.08. The number of carbonyl (C=O) groups is 1. The molecule has 1 heterocycles. The molecule has 0 radical (unpaired) electrons. The van der Waals surface area contributed by atoms with Gasteiger partial charge in [-0.15, -0.1) is 0 Å². The van der Waals surface area contributed by atoms with Crippen molar-refractivity contribution in [2.45, 2.75) is 13.0 Å². The van der Waals surface area contributed by atoms with Crippen molar-refractivity contribution in [1.82, 2.24) is 9.78 Å². The summed E-state index contributed by atoms with van der Waals surface area (Å²) >= 11 is 0. The number of carbonyl (C=O) groups excluding carboxylic acids is 1. The highest BCUT2D eigenvalue weighted by Gasteiger charge is 2.11. The van der Waals surface area contributed by atoms with Gasteiger partial charge in [0.05, 0.1) is 17.9 Å². The summed E-state index contributed by atoms with van der Waals surface area (Å²) in [5.74, 6) is -1.16. The quantitative estimate of drug-likeness (QED) is 0.856. The Morgan fingerprint density at radius 2 is 2.28 bits per heavy atom. The Morgan fingerprint density at radius 3 is 2.78 bits per heavy atom. The van der Waals surface area contributed by atoms with E-state index >= 15 is 0 Å². The third-order valence-corrected chi connectivity index (χ3v) is 2.57. The van der Waals surface area contributed by atoms with E-state index in [0.717, 1.165) is 0 Å². The second kappa shape index (κ2) is 4.58. The lowest BCUT2D eigenvalue weighted by Crippen LogP contribution is -2.09. The van der Waals surface area contributed by atoms with Crippen LogP contribution in [0.4, 0.5) is 4.39 Å². The van der Waals surface area contributed by atoms with Crippen LogP contribution in [-0.4, -0.2) is 20.8 Å². The predicted molar refractivity (Wildman–Crippen MR) is 62.7 cm³/mol. The molecule has 3 N–H and O–H groups in total. The molecule has 0 spiro atoms. The largest absolute Gasteiger partial charge is 0.389 e. The van der Waals surface area contributed by atoms with Gasteiger partial charge >= 0.3 is 0 Å². The minimum Gasteiger partial charge on any atom is -0.389 e. The molecule has 0 saturated heterocycles. The predicted octanol–water partition coefficient (Wildman–Crippen LogP) is 1.16. The number of hydrogen-bond donors (Lipinski definition) is 2. The Kier molecular flexibility index (Phi) is 3.12. The minimum atomic E-state index is -0.743. The molecule has 0 aliphatic heterocycles. The number of benzene rings is 1. The van der Waals surface area contributed by atoms with Crippen molar-refractivity contribution in [3.63, 3.8) is 0 Å². The maximum absolute atomic E-state index is 13.8. The van der Waals surface area contributed by atoms with E-state index < -0.39 is 17.8 Å². The number of aliphatic hydroxyl groups is 1. The van der Waals surface area contributed by atoms with Gasteiger partial charge in [0, 0.05) is 6.20 Å². The summed E-state index contributed by atoms with van der Waals surface area (Å²) in [6.07, 6.45) is 1.88. The van der Waals surface area contributed by atoms with Gasteiger partial charge < -0.3 is 10.8 Å². The van der Waals surface area contributed by atoms with Crippen LogP contribution in [0.1, 0.15) is 28.9 Å². The average Bonchev–Trinajstić information content (AvgIpc) is 2.78. The highest BCUT2D eigenvalue weighted by Crippen LogP contribution is 2.19. The van der Waals surface area contributed by atoms with E-state index in [1.807, 2.05) is 0 Å². The lowest BCUT2D eigenvalue weighted by atomic mass is 10.1. The summed E-state index contributed by atoms with van der Waals surface area (Å²) in [5, 5.41) is 13.2. The molecule has 0 unspecified atom stereocenters. The number of nitrogens with two attached hydrogens (primary N) is 1. The first-order chi connectivity index (χ1) is 8.49. The molecule has 1 aromatic carbocycles. The first-order valence-corrected chi connectivity index (χ1v) is 5.31. The van der Waals surface area contributed by atoms with Gasteiger partial charge in [-0.2, -0.15) is 5.10 Å². The Labute approximate surface area is 103 Å². The highest BCUT2D eigenvalue weighted by molar-refractivity contribution is 5.92. The number of aliphatic hydroxyl groups excluding tert-OH is 1. The topological polar surface area (TPSA) is 81.1 Å². The van der Waals surface area contributed by atoms with Crippen LogP contribution in [0.15, 0.2) is 30.6 Å². The molecule has 0 aliphatic carbocycles. The van der Waals surface area contributed by atoms with Gasteiger partial charge in [-0.1, -0.05) is 6.07 Å². The van der Waals surface area contributed by atoms with Crippen molar-refractivity contribution in [3.05, 3.63) is 47.5 Å². The van der Waals surface area contributed by atoms with Crippen LogP contribution < -0.4 is 5.73 Å². The van der Waals surface area contributed by atoms with Crippen molar-refractivity contribution >= 4 is 5.91 Å². The van der Waals surface area contributed by atoms with Crippen LogP contribution in [0.2, 0.25) is 0 Å². The van der Waals surface area contributed by atoms with Gasteiger partial charge in [0.25, 0.3) is 5.91 Å². The van der Waals surface area contributed by atoms with Crippen LogP contribution in [0.3, 0.4) is 0 Å². The molecule has 94 valence electrons. The van der Waals surface area contributed by atoms with Gasteiger partial charge in [-0.05, 0) is 24.6 Å². The molecule has 6 heteroatoms. The smallest absolute Gasteiger partial charge is 0.251 e. The minimum absolute atomic E-state index is 0.187. The molecule has 0 fully saturated rings. The van der Waals surface area contributed by atoms with E-state index in [0.29, 0.717) is 5.56 Å². The monoisotopic (exact) mass is 249 g/mol. The number of amides is 1. The number of aromatic nitrogens is 2. The lowest BCUT2D eigenvalue weighted by molar-refractivity contribution is 0.100. The zero-order chi connectivity index (χ0) is 13.3.